The van der Waals surface area contributed by atoms with Crippen LogP contribution in [-0.4, -0.2) is 36.8 Å². The van der Waals surface area contributed by atoms with E-state index in [1.165, 1.54) is 24.4 Å². The van der Waals surface area contributed by atoms with Crippen molar-refractivity contribution in [3.8, 4) is 11.8 Å². The van der Waals surface area contributed by atoms with Gasteiger partial charge in [-0.3, -0.25) is 9.71 Å². The van der Waals surface area contributed by atoms with Crippen molar-refractivity contribution in [2.24, 2.45) is 0 Å². The summed E-state index contributed by atoms with van der Waals surface area (Å²) < 4.78 is 47.8. The van der Waals surface area contributed by atoms with Crippen molar-refractivity contribution in [2.45, 2.75) is 31.4 Å². The van der Waals surface area contributed by atoms with E-state index in [4.69, 9.17) is 16.3 Å². The van der Waals surface area contributed by atoms with Crippen molar-refractivity contribution >= 4 is 71.2 Å². The summed E-state index contributed by atoms with van der Waals surface area (Å²) in [5, 5.41) is 13.7. The van der Waals surface area contributed by atoms with Crippen LogP contribution in [-0.2, 0) is 10.0 Å². The average Bonchev–Trinajstić information content (AvgIpc) is 3.35. The second-order valence-electron chi connectivity index (χ2n) is 8.10. The molecule has 4 rings (SSSR count). The number of rotatable bonds is 10. The van der Waals surface area contributed by atoms with E-state index in [1.54, 1.807) is 19.1 Å². The van der Waals surface area contributed by atoms with Gasteiger partial charge in [0.05, 0.1) is 39.8 Å². The summed E-state index contributed by atoms with van der Waals surface area (Å²) in [5.74, 6) is 0.873. The Labute approximate surface area is 222 Å². The van der Waals surface area contributed by atoms with Crippen molar-refractivity contribution in [3.05, 3.63) is 52.9 Å². The van der Waals surface area contributed by atoms with E-state index < -0.39 is 15.8 Å². The molecule has 3 aromatic rings. The van der Waals surface area contributed by atoms with Gasteiger partial charge in [0.15, 0.2) is 0 Å². The lowest BCUT2D eigenvalue weighted by molar-refractivity contribution is 0.342. The van der Waals surface area contributed by atoms with Gasteiger partial charge >= 0.3 is 0 Å². The van der Waals surface area contributed by atoms with Crippen LogP contribution in [0.4, 0.5) is 21.5 Å². The van der Waals surface area contributed by atoms with Crippen LogP contribution >= 0.6 is 33.2 Å². The highest BCUT2D eigenvalue weighted by molar-refractivity contribution is 8.77. The molecule has 1 aliphatic heterocycles. The molecule has 2 heterocycles. The van der Waals surface area contributed by atoms with Gasteiger partial charge < -0.3 is 10.1 Å². The van der Waals surface area contributed by atoms with Crippen LogP contribution in [0.25, 0.3) is 10.9 Å². The number of ether oxygens (including phenoxy) is 1. The second kappa shape index (κ2) is 11.8. The van der Waals surface area contributed by atoms with Crippen LogP contribution in [0.3, 0.4) is 0 Å². The van der Waals surface area contributed by atoms with Gasteiger partial charge in [0.25, 0.3) is 0 Å². The van der Waals surface area contributed by atoms with Crippen LogP contribution in [0.2, 0.25) is 5.02 Å². The fraction of sp³-hybridized carbons (Fsp3) is 0.333. The molecule has 12 heteroatoms. The summed E-state index contributed by atoms with van der Waals surface area (Å²) in [6.45, 7) is 2.13. The first-order valence-electron chi connectivity index (χ1n) is 11.3. The van der Waals surface area contributed by atoms with E-state index in [2.05, 4.69) is 21.1 Å². The topological polar surface area (TPSA) is 104 Å². The third-order valence-corrected chi connectivity index (χ3v) is 10.2. The molecule has 0 amide bonds. The minimum Gasteiger partial charge on any atom is -0.492 e. The minimum absolute atomic E-state index is 0.00595. The van der Waals surface area contributed by atoms with Crippen LogP contribution in [0.5, 0.6) is 5.75 Å². The zero-order valence-corrected chi connectivity index (χ0v) is 22.6. The molecule has 2 aromatic carbocycles. The summed E-state index contributed by atoms with van der Waals surface area (Å²) in [5.41, 5.74) is 1.83. The SMILES string of the molecule is CCOc1cc2ncc(C#N)c(Nc3ccc(F)c(Cl)c3)c2cc1NS(=O)(=O)CCCC1CCSS1. The maximum Gasteiger partial charge on any atom is 0.232 e. The highest BCUT2D eigenvalue weighted by atomic mass is 35.5. The van der Waals surface area contributed by atoms with Gasteiger partial charge in [-0.2, -0.15) is 5.26 Å². The van der Waals surface area contributed by atoms with E-state index in [0.717, 1.165) is 18.6 Å². The summed E-state index contributed by atoms with van der Waals surface area (Å²) in [6.07, 6.45) is 3.92. The van der Waals surface area contributed by atoms with Crippen molar-refractivity contribution in [2.75, 3.05) is 28.2 Å². The number of anilines is 3. The van der Waals surface area contributed by atoms with Crippen LogP contribution in [0.15, 0.2) is 36.5 Å². The number of benzene rings is 2. The molecule has 7 nitrogen and oxygen atoms in total. The molecular weight excluding hydrogens is 543 g/mol. The minimum atomic E-state index is -3.64. The molecule has 0 saturated carbocycles. The van der Waals surface area contributed by atoms with E-state index in [1.807, 2.05) is 21.6 Å². The van der Waals surface area contributed by atoms with Crippen molar-refractivity contribution < 1.29 is 17.5 Å². The maximum atomic E-state index is 13.6. The standard InChI is InChI=1S/C24H24ClFN4O3S3/c1-2-33-23-12-21-18(11-22(23)30-36(31,32)9-3-4-17-7-8-34-35-17)24(15(13-27)14-28-21)29-16-5-6-20(26)19(25)10-16/h5-6,10-12,14,17,30H,2-4,7-9H2,1H3,(H,28,29). The average molecular weight is 567 g/mol. The first kappa shape index (κ1) is 26.7. The Hall–Kier alpha value is -2.39. The predicted octanol–water partition coefficient (Wildman–Crippen LogP) is 6.72. The number of nitrogens with one attached hydrogen (secondary N) is 2. The molecule has 1 saturated heterocycles. The number of hydrogen-bond acceptors (Lipinski definition) is 8. The molecule has 36 heavy (non-hydrogen) atoms. The summed E-state index contributed by atoms with van der Waals surface area (Å²) in [4.78, 5) is 4.35. The van der Waals surface area contributed by atoms with Crippen LogP contribution < -0.4 is 14.8 Å². The zero-order chi connectivity index (χ0) is 25.7. The highest BCUT2D eigenvalue weighted by Crippen LogP contribution is 2.40. The monoisotopic (exact) mass is 566 g/mol. The summed E-state index contributed by atoms with van der Waals surface area (Å²) in [7, 11) is 0.0141. The molecule has 190 valence electrons. The third-order valence-electron chi connectivity index (χ3n) is 5.51. The predicted molar refractivity (Wildman–Crippen MR) is 147 cm³/mol. The molecule has 1 aromatic heterocycles. The Balaban J connectivity index is 1.68. The van der Waals surface area contributed by atoms with E-state index in [0.29, 0.717) is 46.3 Å². The van der Waals surface area contributed by atoms with E-state index in [9.17, 15) is 18.1 Å². The van der Waals surface area contributed by atoms with Gasteiger partial charge in [-0.15, -0.1) is 0 Å². The fourth-order valence-electron chi connectivity index (χ4n) is 3.80. The Morgan fingerprint density at radius 1 is 1.33 bits per heavy atom. The molecule has 0 spiro atoms. The van der Waals surface area contributed by atoms with Gasteiger partial charge in [-0.05, 0) is 50.5 Å². The van der Waals surface area contributed by atoms with Crippen molar-refractivity contribution in [3.63, 3.8) is 0 Å². The lowest BCUT2D eigenvalue weighted by Crippen LogP contribution is -2.18. The Bertz CT molecular complexity index is 1410. The Morgan fingerprint density at radius 2 is 2.17 bits per heavy atom. The highest BCUT2D eigenvalue weighted by Gasteiger charge is 2.21. The molecule has 1 unspecified atom stereocenters. The number of hydrogen-bond donors (Lipinski definition) is 2. The number of sulfonamides is 1. The summed E-state index contributed by atoms with van der Waals surface area (Å²) >= 11 is 5.92. The van der Waals surface area contributed by atoms with E-state index in [-0.39, 0.29) is 22.0 Å². The van der Waals surface area contributed by atoms with Gasteiger partial charge in [0.1, 0.15) is 17.6 Å². The van der Waals surface area contributed by atoms with Gasteiger partial charge in [-0.1, -0.05) is 33.2 Å². The molecule has 0 aliphatic carbocycles. The van der Waals surface area contributed by atoms with Crippen molar-refractivity contribution in [1.29, 1.82) is 5.26 Å². The first-order valence-corrected chi connectivity index (χ1v) is 15.7. The largest absolute Gasteiger partial charge is 0.492 e. The van der Waals surface area contributed by atoms with Gasteiger partial charge in [-0.25, -0.2) is 12.8 Å². The molecule has 1 aliphatic rings. The lowest BCUT2D eigenvalue weighted by atomic mass is 10.1. The van der Waals surface area contributed by atoms with E-state index >= 15 is 0 Å². The van der Waals surface area contributed by atoms with Gasteiger partial charge in [0, 0.05) is 34.3 Å². The van der Waals surface area contributed by atoms with Crippen molar-refractivity contribution in [1.82, 2.24) is 4.98 Å². The maximum absolute atomic E-state index is 13.6. The Kier molecular flexibility index (Phi) is 8.72. The quantitative estimate of drug-likeness (QED) is 0.261. The Morgan fingerprint density at radius 3 is 2.86 bits per heavy atom. The number of halogens is 2. The number of aromatic nitrogens is 1. The molecule has 0 bridgehead atoms. The van der Waals surface area contributed by atoms with Gasteiger partial charge in [0.2, 0.25) is 10.0 Å². The lowest BCUT2D eigenvalue weighted by Gasteiger charge is -2.17. The second-order valence-corrected chi connectivity index (χ2v) is 13.1. The van der Waals surface area contributed by atoms with Crippen LogP contribution in [0, 0.1) is 17.1 Å². The number of fused-ring (bicyclic) bond motifs is 1. The smallest absolute Gasteiger partial charge is 0.232 e. The first-order chi connectivity index (χ1) is 17.3. The molecule has 1 fully saturated rings. The molecular formula is C24H24ClFN4O3S3. The normalized spacial score (nSPS) is 15.6. The fourth-order valence-corrected chi connectivity index (χ4v) is 8.15. The zero-order valence-electron chi connectivity index (χ0n) is 19.4. The molecule has 1 atom stereocenters. The van der Waals surface area contributed by atoms with Crippen LogP contribution in [0.1, 0.15) is 31.7 Å². The summed E-state index contributed by atoms with van der Waals surface area (Å²) in [6, 6.07) is 9.44. The third kappa shape index (κ3) is 6.48. The molecule has 0 radical (unpaired) electrons. The number of pyridine rings is 1. The molecule has 2 N–H and O–H groups in total. The number of nitrogens with zero attached hydrogens (tertiary/aromatic N) is 2. The number of nitriles is 1.